The van der Waals surface area contributed by atoms with Crippen LogP contribution < -0.4 is 0 Å². The second-order valence-corrected chi connectivity index (χ2v) is 11.6. The van der Waals surface area contributed by atoms with Gasteiger partial charge in [-0.05, 0) is 74.2 Å². The van der Waals surface area contributed by atoms with E-state index in [9.17, 15) is 24.3 Å². The minimum absolute atomic E-state index is 0.00355. The summed E-state index contributed by atoms with van der Waals surface area (Å²) in [6.45, 7) is 7.31. The maximum Gasteiger partial charge on any atom is 0.306 e. The van der Waals surface area contributed by atoms with E-state index in [-0.39, 0.29) is 47.6 Å². The van der Waals surface area contributed by atoms with Gasteiger partial charge in [0, 0.05) is 24.7 Å². The Morgan fingerprint density at radius 3 is 2.51 bits per heavy atom. The van der Waals surface area contributed by atoms with Crippen LogP contribution in [0.25, 0.3) is 0 Å². The number of carbonyl (C=O) groups is 4. The van der Waals surface area contributed by atoms with Gasteiger partial charge in [0.25, 0.3) is 0 Å². The predicted molar refractivity (Wildman–Crippen MR) is 128 cm³/mol. The normalized spacial score (nSPS) is 40.1. The van der Waals surface area contributed by atoms with Crippen molar-refractivity contribution >= 4 is 23.5 Å². The van der Waals surface area contributed by atoms with E-state index in [4.69, 9.17) is 9.47 Å². The average molecular weight is 489 g/mol. The minimum Gasteiger partial charge on any atom is -0.457 e. The van der Waals surface area contributed by atoms with E-state index in [0.29, 0.717) is 32.1 Å². The number of hydrogen-bond donors (Lipinski definition) is 1. The Hall–Kier alpha value is -2.02. The molecule has 3 saturated carbocycles. The van der Waals surface area contributed by atoms with Gasteiger partial charge in [-0.25, -0.2) is 0 Å². The summed E-state index contributed by atoms with van der Waals surface area (Å²) in [7, 11) is 0. The summed E-state index contributed by atoms with van der Waals surface area (Å²) in [5.41, 5.74) is -1.25. The Balaban J connectivity index is 1.68. The van der Waals surface area contributed by atoms with Gasteiger partial charge in [0.2, 0.25) is 5.78 Å². The maximum absolute atomic E-state index is 13.7. The molecule has 0 aromatic carbocycles. The number of aliphatic hydroxyl groups is 1. The number of esters is 2. The van der Waals surface area contributed by atoms with Gasteiger partial charge in [-0.2, -0.15) is 0 Å². The number of ether oxygens (including phenoxy) is 2. The number of allylic oxidation sites excluding steroid dienone is 1. The van der Waals surface area contributed by atoms with Crippen molar-refractivity contribution in [3.05, 3.63) is 11.6 Å². The fraction of sp³-hybridized carbons (Fsp3) is 0.786. The monoisotopic (exact) mass is 488 g/mol. The highest BCUT2D eigenvalue weighted by atomic mass is 16.6. The first-order valence-electron chi connectivity index (χ1n) is 13.3. The zero-order valence-electron chi connectivity index (χ0n) is 21.6. The first-order chi connectivity index (χ1) is 16.5. The van der Waals surface area contributed by atoms with E-state index in [1.807, 2.05) is 13.8 Å². The molecule has 7 heteroatoms. The van der Waals surface area contributed by atoms with Crippen molar-refractivity contribution in [1.82, 2.24) is 0 Å². The fourth-order valence-corrected chi connectivity index (χ4v) is 8.16. The van der Waals surface area contributed by atoms with E-state index in [0.717, 1.165) is 24.8 Å². The number of aliphatic hydroxyl groups excluding tert-OH is 1. The Labute approximate surface area is 208 Å². The van der Waals surface area contributed by atoms with E-state index in [1.165, 1.54) is 0 Å². The first-order valence-corrected chi connectivity index (χ1v) is 13.3. The zero-order chi connectivity index (χ0) is 25.6. The largest absolute Gasteiger partial charge is 0.457 e. The number of ketones is 2. The minimum atomic E-state index is -1.41. The quantitative estimate of drug-likeness (QED) is 0.538. The molecular weight excluding hydrogens is 448 g/mol. The Bertz CT molecular complexity index is 938. The molecule has 194 valence electrons. The van der Waals surface area contributed by atoms with Crippen LogP contribution in [0.2, 0.25) is 0 Å². The molecule has 0 heterocycles. The van der Waals surface area contributed by atoms with E-state index >= 15 is 0 Å². The second-order valence-electron chi connectivity index (χ2n) is 11.6. The van der Waals surface area contributed by atoms with E-state index < -0.39 is 35.7 Å². The highest BCUT2D eigenvalue weighted by Crippen LogP contribution is 2.68. The maximum atomic E-state index is 13.7. The summed E-state index contributed by atoms with van der Waals surface area (Å²) in [6, 6.07) is 0. The lowest BCUT2D eigenvalue weighted by molar-refractivity contribution is -0.202. The zero-order valence-corrected chi connectivity index (χ0v) is 21.6. The van der Waals surface area contributed by atoms with Gasteiger partial charge in [0.1, 0.15) is 0 Å². The van der Waals surface area contributed by atoms with Gasteiger partial charge in [-0.3, -0.25) is 19.2 Å². The summed E-state index contributed by atoms with van der Waals surface area (Å²) in [5.74, 6) is -0.852. The molecule has 7 atom stereocenters. The van der Waals surface area contributed by atoms with Crippen molar-refractivity contribution in [2.24, 2.45) is 28.6 Å². The SMILES string of the molecule is CCCC(=O)OCC(=O)[C@]1(OC(=O)CC)CC[C@H]2[C@@H]3CCC4=CC(=O)CC[C@]4(C)[C@H]3[C@@H](O)C[C@@]21C. The standard InChI is InChI=1S/C28H40O7/c1-5-7-24(33)34-16-22(31)28(35-23(32)6-2)13-11-20-19-9-8-17-14-18(29)10-12-26(17,3)25(19)21(30)15-27(20,28)4/h14,19-21,25,30H,5-13,15-16H2,1-4H3/t19-,20-,21-,25+,26-,27-,28+/m0/s1. The third-order valence-corrected chi connectivity index (χ3v) is 9.86. The number of Topliss-reactive ketones (excluding diaryl/α,β-unsaturated/α-hetero) is 1. The predicted octanol–water partition coefficient (Wildman–Crippen LogP) is 4.09. The molecule has 3 fully saturated rings. The molecule has 4 aliphatic rings. The Kier molecular flexibility index (Phi) is 7.04. The van der Waals surface area contributed by atoms with Crippen molar-refractivity contribution in [3.63, 3.8) is 0 Å². The molecular formula is C28H40O7. The molecule has 1 N–H and O–H groups in total. The lowest BCUT2D eigenvalue weighted by Crippen LogP contribution is -2.63. The van der Waals surface area contributed by atoms with Crippen molar-refractivity contribution in [3.8, 4) is 0 Å². The molecule has 0 amide bonds. The summed E-state index contributed by atoms with van der Waals surface area (Å²) in [4.78, 5) is 50.4. The van der Waals surface area contributed by atoms with Gasteiger partial charge in [0.15, 0.2) is 18.0 Å². The second kappa shape index (κ2) is 9.45. The van der Waals surface area contributed by atoms with Gasteiger partial charge in [-0.15, -0.1) is 0 Å². The molecule has 0 saturated heterocycles. The van der Waals surface area contributed by atoms with Gasteiger partial charge < -0.3 is 14.6 Å². The Morgan fingerprint density at radius 1 is 1.09 bits per heavy atom. The lowest BCUT2D eigenvalue weighted by atomic mass is 9.45. The molecule has 0 aliphatic heterocycles. The van der Waals surface area contributed by atoms with E-state index in [1.54, 1.807) is 13.0 Å². The number of carbonyl (C=O) groups excluding carboxylic acids is 4. The topological polar surface area (TPSA) is 107 Å². The fourth-order valence-electron chi connectivity index (χ4n) is 8.16. The molecule has 0 aromatic heterocycles. The molecule has 0 unspecified atom stereocenters. The van der Waals surface area contributed by atoms with Crippen LogP contribution in [-0.4, -0.2) is 46.9 Å². The smallest absolute Gasteiger partial charge is 0.306 e. The average Bonchev–Trinajstić information content (AvgIpc) is 3.10. The van der Waals surface area contributed by atoms with Crippen LogP contribution in [0.15, 0.2) is 11.6 Å². The molecule has 4 rings (SSSR count). The van der Waals surface area contributed by atoms with Crippen LogP contribution in [-0.2, 0) is 28.7 Å². The lowest BCUT2D eigenvalue weighted by Gasteiger charge is -2.60. The van der Waals surface area contributed by atoms with Gasteiger partial charge in [-0.1, -0.05) is 33.3 Å². The van der Waals surface area contributed by atoms with Crippen molar-refractivity contribution < 1.29 is 33.8 Å². The molecule has 35 heavy (non-hydrogen) atoms. The number of hydrogen-bond acceptors (Lipinski definition) is 7. The molecule has 7 nitrogen and oxygen atoms in total. The van der Waals surface area contributed by atoms with Gasteiger partial charge in [0.05, 0.1) is 6.10 Å². The van der Waals surface area contributed by atoms with Crippen LogP contribution in [0.1, 0.15) is 91.9 Å². The Morgan fingerprint density at radius 2 is 1.83 bits per heavy atom. The number of fused-ring (bicyclic) bond motifs is 5. The van der Waals surface area contributed by atoms with Crippen LogP contribution >= 0.6 is 0 Å². The summed E-state index contributed by atoms with van der Waals surface area (Å²) >= 11 is 0. The third-order valence-electron chi connectivity index (χ3n) is 9.86. The van der Waals surface area contributed by atoms with E-state index in [2.05, 4.69) is 6.92 Å². The number of rotatable bonds is 7. The highest BCUT2D eigenvalue weighted by molar-refractivity contribution is 5.93. The van der Waals surface area contributed by atoms with Crippen LogP contribution in [0.4, 0.5) is 0 Å². The molecule has 4 aliphatic carbocycles. The summed E-state index contributed by atoms with van der Waals surface area (Å²) < 4.78 is 11.3. The molecule has 0 bridgehead atoms. The van der Waals surface area contributed by atoms with Crippen molar-refractivity contribution in [2.75, 3.05) is 6.61 Å². The first kappa shape index (κ1) is 26.1. The highest BCUT2D eigenvalue weighted by Gasteiger charge is 2.70. The third kappa shape index (κ3) is 4.08. The van der Waals surface area contributed by atoms with Crippen molar-refractivity contribution in [2.45, 2.75) is 104 Å². The summed E-state index contributed by atoms with van der Waals surface area (Å²) in [6.07, 6.45) is 6.42. The summed E-state index contributed by atoms with van der Waals surface area (Å²) in [5, 5.41) is 11.6. The molecule has 0 radical (unpaired) electrons. The van der Waals surface area contributed by atoms with Crippen LogP contribution in [0.5, 0.6) is 0 Å². The molecule has 0 spiro atoms. The van der Waals surface area contributed by atoms with Crippen molar-refractivity contribution in [1.29, 1.82) is 0 Å². The van der Waals surface area contributed by atoms with Gasteiger partial charge >= 0.3 is 11.9 Å². The van der Waals surface area contributed by atoms with Crippen LogP contribution in [0.3, 0.4) is 0 Å². The van der Waals surface area contributed by atoms with Crippen LogP contribution in [0, 0.1) is 28.6 Å². The molecule has 0 aromatic rings.